The first-order valence-electron chi connectivity index (χ1n) is 8.28. The van der Waals surface area contributed by atoms with Crippen molar-refractivity contribution in [1.29, 1.82) is 0 Å². The zero-order valence-corrected chi connectivity index (χ0v) is 13.8. The van der Waals surface area contributed by atoms with Crippen molar-refractivity contribution in [3.8, 4) is 0 Å². The zero-order valence-electron chi connectivity index (χ0n) is 13.8. The molecule has 0 spiro atoms. The fraction of sp³-hybridized carbons (Fsp3) is 0.941. The number of amides is 1. The number of hydrogen-bond acceptors (Lipinski definition) is 2. The lowest BCUT2D eigenvalue weighted by atomic mass is 9.74. The number of ether oxygens (including phenoxy) is 1. The highest BCUT2D eigenvalue weighted by atomic mass is 16.5. The number of nitrogens with one attached hydrogen (secondary N) is 1. The molecule has 1 aliphatic carbocycles. The molecule has 0 aromatic rings. The van der Waals surface area contributed by atoms with Crippen molar-refractivity contribution in [2.24, 2.45) is 17.3 Å². The molecular weight excluding hydrogens is 250 g/mol. The monoisotopic (exact) mass is 283 g/mol. The van der Waals surface area contributed by atoms with Crippen molar-refractivity contribution in [3.63, 3.8) is 0 Å². The first kappa shape index (κ1) is 17.5. The van der Waals surface area contributed by atoms with E-state index < -0.39 is 0 Å². The van der Waals surface area contributed by atoms with Crippen LogP contribution in [-0.2, 0) is 9.53 Å². The van der Waals surface area contributed by atoms with Crippen molar-refractivity contribution in [3.05, 3.63) is 0 Å². The SMILES string of the molecule is CCCOCCNC(=O)C1CCC(CC(C)(C)C)CC1. The van der Waals surface area contributed by atoms with Gasteiger partial charge in [-0.05, 0) is 49.9 Å². The Labute approximate surface area is 124 Å². The average Bonchev–Trinajstić information content (AvgIpc) is 2.37. The number of rotatable bonds is 7. The Morgan fingerprint density at radius 1 is 1.15 bits per heavy atom. The third-order valence-electron chi connectivity index (χ3n) is 4.01. The van der Waals surface area contributed by atoms with Crippen molar-refractivity contribution in [2.45, 2.75) is 66.2 Å². The molecule has 1 amide bonds. The molecule has 1 rings (SSSR count). The Kier molecular flexibility index (Phi) is 7.57. The molecule has 1 aliphatic rings. The smallest absolute Gasteiger partial charge is 0.223 e. The van der Waals surface area contributed by atoms with Gasteiger partial charge in [-0.15, -0.1) is 0 Å². The summed E-state index contributed by atoms with van der Waals surface area (Å²) in [5.74, 6) is 1.28. The van der Waals surface area contributed by atoms with Crippen LogP contribution in [0.1, 0.15) is 66.2 Å². The van der Waals surface area contributed by atoms with Crippen LogP contribution in [0.5, 0.6) is 0 Å². The van der Waals surface area contributed by atoms with Crippen LogP contribution in [0.15, 0.2) is 0 Å². The second kappa shape index (κ2) is 8.66. The maximum Gasteiger partial charge on any atom is 0.223 e. The maximum absolute atomic E-state index is 12.1. The minimum absolute atomic E-state index is 0.234. The molecule has 0 radical (unpaired) electrons. The van der Waals surface area contributed by atoms with E-state index in [0.29, 0.717) is 18.6 Å². The van der Waals surface area contributed by atoms with Crippen molar-refractivity contribution >= 4 is 5.91 Å². The predicted molar refractivity (Wildman–Crippen MR) is 83.6 cm³/mol. The summed E-state index contributed by atoms with van der Waals surface area (Å²) in [6.45, 7) is 11.1. The summed E-state index contributed by atoms with van der Waals surface area (Å²) in [6, 6.07) is 0. The number of carbonyl (C=O) groups excluding carboxylic acids is 1. The van der Waals surface area contributed by atoms with Gasteiger partial charge >= 0.3 is 0 Å². The summed E-state index contributed by atoms with van der Waals surface area (Å²) < 4.78 is 5.38. The van der Waals surface area contributed by atoms with Crippen molar-refractivity contribution in [1.82, 2.24) is 5.32 Å². The Hall–Kier alpha value is -0.570. The highest BCUT2D eigenvalue weighted by Crippen LogP contribution is 2.36. The van der Waals surface area contributed by atoms with Crippen LogP contribution in [0, 0.1) is 17.3 Å². The van der Waals surface area contributed by atoms with Crippen LogP contribution in [0.2, 0.25) is 0 Å². The first-order valence-corrected chi connectivity index (χ1v) is 8.28. The van der Waals surface area contributed by atoms with E-state index in [1.807, 2.05) is 0 Å². The maximum atomic E-state index is 12.1. The van der Waals surface area contributed by atoms with Gasteiger partial charge in [-0.2, -0.15) is 0 Å². The van der Waals surface area contributed by atoms with Gasteiger partial charge < -0.3 is 10.1 Å². The molecule has 0 aromatic carbocycles. The lowest BCUT2D eigenvalue weighted by molar-refractivity contribution is -0.126. The van der Waals surface area contributed by atoms with Gasteiger partial charge in [-0.1, -0.05) is 27.7 Å². The molecule has 0 aliphatic heterocycles. The molecule has 20 heavy (non-hydrogen) atoms. The average molecular weight is 283 g/mol. The first-order chi connectivity index (χ1) is 9.42. The Bertz CT molecular complexity index is 275. The number of carbonyl (C=O) groups is 1. The standard InChI is InChI=1S/C17H33NO2/c1-5-11-20-12-10-18-16(19)15-8-6-14(7-9-15)13-17(2,3)4/h14-15H,5-13H2,1-4H3,(H,18,19). The second-order valence-corrected chi connectivity index (χ2v) is 7.39. The fourth-order valence-corrected chi connectivity index (χ4v) is 3.13. The molecule has 0 aromatic heterocycles. The van der Waals surface area contributed by atoms with Crippen LogP contribution in [0.3, 0.4) is 0 Å². The Morgan fingerprint density at radius 2 is 1.80 bits per heavy atom. The normalized spacial score (nSPS) is 23.6. The highest BCUT2D eigenvalue weighted by Gasteiger charge is 2.28. The third-order valence-corrected chi connectivity index (χ3v) is 4.01. The lowest BCUT2D eigenvalue weighted by Crippen LogP contribution is -2.35. The molecule has 0 unspecified atom stereocenters. The quantitative estimate of drug-likeness (QED) is 0.722. The van der Waals surface area contributed by atoms with Crippen LogP contribution >= 0.6 is 0 Å². The van der Waals surface area contributed by atoms with Crippen LogP contribution < -0.4 is 5.32 Å². The Morgan fingerprint density at radius 3 is 2.35 bits per heavy atom. The van der Waals surface area contributed by atoms with E-state index in [4.69, 9.17) is 4.74 Å². The number of hydrogen-bond donors (Lipinski definition) is 1. The summed E-state index contributed by atoms with van der Waals surface area (Å²) in [6.07, 6.45) is 6.85. The van der Waals surface area contributed by atoms with Crippen molar-refractivity contribution in [2.75, 3.05) is 19.8 Å². The summed E-state index contributed by atoms with van der Waals surface area (Å²) in [5, 5.41) is 3.01. The fourth-order valence-electron chi connectivity index (χ4n) is 3.13. The molecule has 0 atom stereocenters. The van der Waals surface area contributed by atoms with Crippen LogP contribution in [0.4, 0.5) is 0 Å². The van der Waals surface area contributed by atoms with E-state index in [9.17, 15) is 4.79 Å². The summed E-state index contributed by atoms with van der Waals surface area (Å²) in [5.41, 5.74) is 0.413. The summed E-state index contributed by atoms with van der Waals surface area (Å²) >= 11 is 0. The lowest BCUT2D eigenvalue weighted by Gasteiger charge is -2.32. The van der Waals surface area contributed by atoms with Crippen LogP contribution in [-0.4, -0.2) is 25.7 Å². The molecule has 3 heteroatoms. The molecule has 0 heterocycles. The van der Waals surface area contributed by atoms with Crippen molar-refractivity contribution < 1.29 is 9.53 Å². The van der Waals surface area contributed by atoms with Gasteiger partial charge in [0.05, 0.1) is 6.61 Å². The zero-order chi connectivity index (χ0) is 15.0. The molecule has 0 saturated heterocycles. The highest BCUT2D eigenvalue weighted by molar-refractivity contribution is 5.78. The van der Waals surface area contributed by atoms with E-state index in [-0.39, 0.29) is 11.8 Å². The largest absolute Gasteiger partial charge is 0.380 e. The van der Waals surface area contributed by atoms with Gasteiger partial charge in [0.1, 0.15) is 0 Å². The van der Waals surface area contributed by atoms with E-state index >= 15 is 0 Å². The molecule has 3 nitrogen and oxygen atoms in total. The molecular formula is C17H33NO2. The van der Waals surface area contributed by atoms with Gasteiger partial charge in [0, 0.05) is 19.1 Å². The van der Waals surface area contributed by atoms with E-state index in [2.05, 4.69) is 33.0 Å². The molecule has 118 valence electrons. The van der Waals surface area contributed by atoms with Gasteiger partial charge in [0.15, 0.2) is 0 Å². The van der Waals surface area contributed by atoms with Gasteiger partial charge in [0.25, 0.3) is 0 Å². The minimum Gasteiger partial charge on any atom is -0.380 e. The molecule has 1 fully saturated rings. The van der Waals surface area contributed by atoms with Gasteiger partial charge in [-0.3, -0.25) is 4.79 Å². The molecule has 1 saturated carbocycles. The molecule has 1 N–H and O–H groups in total. The summed E-state index contributed by atoms with van der Waals surface area (Å²) in [4.78, 5) is 12.1. The topological polar surface area (TPSA) is 38.3 Å². The van der Waals surface area contributed by atoms with Gasteiger partial charge in [0.2, 0.25) is 5.91 Å². The minimum atomic E-state index is 0.234. The molecule has 0 bridgehead atoms. The second-order valence-electron chi connectivity index (χ2n) is 7.39. The summed E-state index contributed by atoms with van der Waals surface area (Å²) in [7, 11) is 0. The third kappa shape index (κ3) is 7.28. The van der Waals surface area contributed by atoms with Crippen LogP contribution in [0.25, 0.3) is 0 Å². The Balaban J connectivity index is 2.15. The predicted octanol–water partition coefficient (Wildman–Crippen LogP) is 3.77. The van der Waals surface area contributed by atoms with E-state index in [0.717, 1.165) is 31.8 Å². The van der Waals surface area contributed by atoms with Gasteiger partial charge in [-0.25, -0.2) is 0 Å². The van der Waals surface area contributed by atoms with E-state index in [1.165, 1.54) is 19.3 Å². The van der Waals surface area contributed by atoms with E-state index in [1.54, 1.807) is 0 Å².